The average Bonchev–Trinajstić information content (AvgIpc) is 2.64. The summed E-state index contributed by atoms with van der Waals surface area (Å²) in [6.45, 7) is 1.81. The molecule has 3 aromatic rings. The first-order valence-electron chi connectivity index (χ1n) is 7.84. The summed E-state index contributed by atoms with van der Waals surface area (Å²) in [5.41, 5.74) is 3.45. The second kappa shape index (κ2) is 9.23. The molecule has 3 heteroatoms. The van der Waals surface area contributed by atoms with Gasteiger partial charge in [-0.1, -0.05) is 78.9 Å². The van der Waals surface area contributed by atoms with Crippen LogP contribution in [0.5, 0.6) is 5.75 Å². The van der Waals surface area contributed by atoms with Gasteiger partial charge in [0.2, 0.25) is 0 Å². The predicted molar refractivity (Wildman–Crippen MR) is 108 cm³/mol. The minimum absolute atomic E-state index is 0. The van der Waals surface area contributed by atoms with E-state index in [2.05, 4.69) is 0 Å². The molecule has 0 bridgehead atoms. The maximum absolute atomic E-state index is 12.6. The molecule has 0 N–H and O–H groups in total. The molecule has 0 aliphatic rings. The quantitative estimate of drug-likeness (QED) is 0.270. The Hall–Kier alpha value is -2.33. The Morgan fingerprint density at radius 1 is 0.680 bits per heavy atom. The summed E-state index contributed by atoms with van der Waals surface area (Å²) in [7, 11) is 0. The summed E-state index contributed by atoms with van der Waals surface area (Å²) < 4.78 is 5.50. The number of rotatable bonds is 4. The molecule has 0 unspecified atom stereocenters. The molecule has 0 fully saturated rings. The molecule has 0 spiro atoms. The number of ether oxygens (including phenoxy) is 1. The van der Waals surface area contributed by atoms with Gasteiger partial charge in [-0.2, -0.15) is 0 Å². The Morgan fingerprint density at radius 2 is 1.08 bits per heavy atom. The first kappa shape index (κ1) is 19.0. The molecule has 3 rings (SSSR count). The van der Waals surface area contributed by atoms with Gasteiger partial charge in [0.05, 0.1) is 0 Å². The van der Waals surface area contributed by atoms with Crippen molar-refractivity contribution in [3.8, 4) is 5.75 Å². The van der Waals surface area contributed by atoms with Gasteiger partial charge < -0.3 is 4.74 Å². The Kier molecular flexibility index (Phi) is 7.01. The number of hydrogen-bond donors (Lipinski definition) is 0. The van der Waals surface area contributed by atoms with E-state index in [-0.39, 0.29) is 29.9 Å². The summed E-state index contributed by atoms with van der Waals surface area (Å²) in [6.07, 6.45) is 0. The summed E-state index contributed by atoms with van der Waals surface area (Å²) in [6, 6.07) is 28.9. The number of esters is 1. The van der Waals surface area contributed by atoms with Gasteiger partial charge in [-0.25, -0.2) is 4.79 Å². The fraction of sp³-hybridized carbons (Fsp3) is 0.0455. The third kappa shape index (κ3) is 4.83. The molecular formula is C22H22O2Sn. The van der Waals surface area contributed by atoms with Crippen molar-refractivity contribution in [1.82, 2.24) is 0 Å². The van der Waals surface area contributed by atoms with E-state index in [1.165, 1.54) is 0 Å². The fourth-order valence-corrected chi connectivity index (χ4v) is 2.58. The molecule has 0 atom stereocenters. The van der Waals surface area contributed by atoms with Crippen LogP contribution in [0, 0.1) is 0 Å². The summed E-state index contributed by atoms with van der Waals surface area (Å²) in [5.74, 6) is 0.200. The van der Waals surface area contributed by atoms with Crippen LogP contribution in [0.1, 0.15) is 18.1 Å². The first-order chi connectivity index (χ1) is 11.8. The van der Waals surface area contributed by atoms with Crippen LogP contribution in [0.2, 0.25) is 0 Å². The molecule has 0 aliphatic heterocycles. The molecule has 2 nitrogen and oxygen atoms in total. The zero-order valence-corrected chi connectivity index (χ0v) is 13.5. The van der Waals surface area contributed by atoms with E-state index >= 15 is 0 Å². The van der Waals surface area contributed by atoms with Crippen molar-refractivity contribution in [2.24, 2.45) is 0 Å². The van der Waals surface area contributed by atoms with E-state index in [4.69, 9.17) is 4.74 Å². The van der Waals surface area contributed by atoms with Crippen LogP contribution in [-0.4, -0.2) is 29.9 Å². The standard InChI is InChI=1S/C22H18O2.Sn.4H/c1-17(22(23)24-20-15-9-4-10-16-20)21(18-11-5-2-6-12-18)19-13-7-3-8-14-19;;;;;/h2-16H,1H3;;;;;. The van der Waals surface area contributed by atoms with Crippen LogP contribution < -0.4 is 4.74 Å². The van der Waals surface area contributed by atoms with Crippen molar-refractivity contribution in [3.05, 3.63) is 108 Å². The molecule has 0 saturated heterocycles. The van der Waals surface area contributed by atoms with E-state index in [9.17, 15) is 4.79 Å². The van der Waals surface area contributed by atoms with Gasteiger partial charge in [-0.15, -0.1) is 0 Å². The molecule has 25 heavy (non-hydrogen) atoms. The van der Waals surface area contributed by atoms with Gasteiger partial charge >= 0.3 is 29.9 Å². The minimum atomic E-state index is -0.344. The number of para-hydroxylation sites is 1. The molecular weight excluding hydrogens is 415 g/mol. The van der Waals surface area contributed by atoms with Crippen molar-refractivity contribution in [2.75, 3.05) is 0 Å². The van der Waals surface area contributed by atoms with Gasteiger partial charge in [-0.05, 0) is 35.8 Å². The predicted octanol–water partition coefficient (Wildman–Crippen LogP) is 3.66. The SMILES string of the molecule is CC(C(=O)Oc1ccccc1)=C(c1ccccc1)c1ccccc1.[SnH4]. The number of benzene rings is 3. The fourth-order valence-electron chi connectivity index (χ4n) is 2.58. The van der Waals surface area contributed by atoms with E-state index in [1.54, 1.807) is 19.1 Å². The molecule has 3 aromatic carbocycles. The van der Waals surface area contributed by atoms with E-state index in [0.717, 1.165) is 16.7 Å². The van der Waals surface area contributed by atoms with Crippen molar-refractivity contribution in [1.29, 1.82) is 0 Å². The van der Waals surface area contributed by atoms with Gasteiger partial charge in [0.25, 0.3) is 0 Å². The van der Waals surface area contributed by atoms with Gasteiger partial charge in [-0.3, -0.25) is 0 Å². The number of carbonyl (C=O) groups excluding carboxylic acids is 1. The summed E-state index contributed by atoms with van der Waals surface area (Å²) in [5, 5.41) is 0. The van der Waals surface area contributed by atoms with Crippen molar-refractivity contribution in [2.45, 2.75) is 6.92 Å². The first-order valence-corrected chi connectivity index (χ1v) is 7.84. The van der Waals surface area contributed by atoms with Gasteiger partial charge in [0.1, 0.15) is 5.75 Å². The van der Waals surface area contributed by atoms with Crippen molar-refractivity contribution < 1.29 is 9.53 Å². The average molecular weight is 437 g/mol. The van der Waals surface area contributed by atoms with Crippen LogP contribution in [0.4, 0.5) is 0 Å². The van der Waals surface area contributed by atoms with E-state index in [1.807, 2.05) is 78.9 Å². The topological polar surface area (TPSA) is 26.3 Å². The molecule has 0 amide bonds. The molecule has 0 aliphatic carbocycles. The Labute approximate surface area is 165 Å². The summed E-state index contributed by atoms with van der Waals surface area (Å²) >= 11 is 0. The van der Waals surface area contributed by atoms with E-state index in [0.29, 0.717) is 11.3 Å². The van der Waals surface area contributed by atoms with E-state index < -0.39 is 0 Å². The van der Waals surface area contributed by atoms with Crippen LogP contribution in [0.3, 0.4) is 0 Å². The van der Waals surface area contributed by atoms with Crippen LogP contribution >= 0.6 is 0 Å². The third-order valence-electron chi connectivity index (χ3n) is 3.76. The molecule has 126 valence electrons. The second-order valence-electron chi connectivity index (χ2n) is 5.43. The monoisotopic (exact) mass is 438 g/mol. The Bertz CT molecular complexity index is 799. The summed E-state index contributed by atoms with van der Waals surface area (Å²) in [4.78, 5) is 12.6. The zero-order valence-electron chi connectivity index (χ0n) is 13.5. The molecule has 0 saturated carbocycles. The molecule has 0 heterocycles. The second-order valence-corrected chi connectivity index (χ2v) is 5.43. The van der Waals surface area contributed by atoms with Crippen LogP contribution in [0.15, 0.2) is 96.6 Å². The zero-order chi connectivity index (χ0) is 16.8. The number of hydrogen-bond acceptors (Lipinski definition) is 2. The normalized spacial score (nSPS) is 9.64. The maximum atomic E-state index is 12.6. The molecule has 0 aromatic heterocycles. The molecule has 0 radical (unpaired) electrons. The third-order valence-corrected chi connectivity index (χ3v) is 3.76. The van der Waals surface area contributed by atoms with Crippen molar-refractivity contribution >= 4 is 35.4 Å². The van der Waals surface area contributed by atoms with Crippen LogP contribution in [0.25, 0.3) is 5.57 Å². The Balaban J connectivity index is 0.00000225. The van der Waals surface area contributed by atoms with Crippen molar-refractivity contribution in [3.63, 3.8) is 0 Å². The van der Waals surface area contributed by atoms with Gasteiger partial charge in [0.15, 0.2) is 0 Å². The van der Waals surface area contributed by atoms with Crippen LogP contribution in [-0.2, 0) is 4.79 Å². The Morgan fingerprint density at radius 3 is 1.52 bits per heavy atom. The van der Waals surface area contributed by atoms with Gasteiger partial charge in [0, 0.05) is 5.57 Å². The number of carbonyl (C=O) groups is 1.